The van der Waals surface area contributed by atoms with Gasteiger partial charge >= 0.3 is 0 Å². The fourth-order valence-electron chi connectivity index (χ4n) is 2.47. The fraction of sp³-hybridized carbons (Fsp3) is 0.250. The Morgan fingerprint density at radius 3 is 2.87 bits per heavy atom. The van der Waals surface area contributed by atoms with E-state index in [9.17, 15) is 9.18 Å². The van der Waals surface area contributed by atoms with Crippen LogP contribution in [0.3, 0.4) is 0 Å². The van der Waals surface area contributed by atoms with E-state index in [1.54, 1.807) is 18.2 Å². The van der Waals surface area contributed by atoms with Crippen LogP contribution >= 0.6 is 11.6 Å². The Hall–Kier alpha value is -2.34. The van der Waals surface area contributed by atoms with Crippen molar-refractivity contribution in [2.24, 2.45) is 0 Å². The van der Waals surface area contributed by atoms with Crippen LogP contribution in [-0.2, 0) is 11.3 Å². The number of hydrogen-bond acceptors (Lipinski definition) is 4. The number of rotatable bonds is 3. The maximum absolute atomic E-state index is 14.1. The van der Waals surface area contributed by atoms with Gasteiger partial charge in [0.15, 0.2) is 17.7 Å². The summed E-state index contributed by atoms with van der Waals surface area (Å²) < 4.78 is 19.7. The van der Waals surface area contributed by atoms with Crippen molar-refractivity contribution < 1.29 is 13.9 Å². The third-order valence-corrected chi connectivity index (χ3v) is 4.03. The summed E-state index contributed by atoms with van der Waals surface area (Å²) in [6.45, 7) is 1.81. The van der Waals surface area contributed by atoms with Gasteiger partial charge < -0.3 is 10.5 Å². The molecule has 5 nitrogen and oxygen atoms in total. The molecule has 2 N–H and O–H groups in total. The van der Waals surface area contributed by atoms with Gasteiger partial charge in [0, 0.05) is 10.6 Å². The molecule has 0 bridgehead atoms. The molecule has 1 aliphatic heterocycles. The van der Waals surface area contributed by atoms with Crippen molar-refractivity contribution in [2.75, 3.05) is 10.6 Å². The highest BCUT2D eigenvalue weighted by Gasteiger charge is 2.35. The van der Waals surface area contributed by atoms with Crippen molar-refractivity contribution in [3.05, 3.63) is 46.7 Å². The third-order valence-electron chi connectivity index (χ3n) is 3.68. The predicted molar refractivity (Wildman–Crippen MR) is 86.0 cm³/mol. The number of ether oxygens (including phenoxy) is 1. The zero-order chi connectivity index (χ0) is 16.6. The Morgan fingerprint density at radius 2 is 2.17 bits per heavy atom. The van der Waals surface area contributed by atoms with E-state index in [1.807, 2.05) is 6.92 Å². The summed E-state index contributed by atoms with van der Waals surface area (Å²) in [6, 6.07) is 7.65. The first kappa shape index (κ1) is 15.6. The van der Waals surface area contributed by atoms with E-state index in [0.29, 0.717) is 12.2 Å². The van der Waals surface area contributed by atoms with Gasteiger partial charge in [0.1, 0.15) is 11.6 Å². The van der Waals surface area contributed by atoms with Crippen LogP contribution in [0.2, 0.25) is 5.02 Å². The molecule has 0 aliphatic carbocycles. The monoisotopic (exact) mass is 335 g/mol. The van der Waals surface area contributed by atoms with Crippen LogP contribution in [0.1, 0.15) is 18.9 Å². The van der Waals surface area contributed by atoms with Gasteiger partial charge in [-0.2, -0.15) is 0 Å². The lowest BCUT2D eigenvalue weighted by Crippen LogP contribution is -2.45. The number of halogens is 2. The van der Waals surface area contributed by atoms with Gasteiger partial charge in [-0.3, -0.25) is 9.69 Å². The zero-order valence-electron chi connectivity index (χ0n) is 12.4. The topological polar surface area (TPSA) is 68.5 Å². The van der Waals surface area contributed by atoms with E-state index in [4.69, 9.17) is 22.1 Å². The molecule has 0 radical (unpaired) electrons. The number of pyridine rings is 1. The number of nitrogen functional groups attached to an aromatic ring is 1. The molecule has 1 aliphatic rings. The number of hydrogen-bond donors (Lipinski definition) is 1. The van der Waals surface area contributed by atoms with Crippen molar-refractivity contribution in [3.8, 4) is 5.75 Å². The summed E-state index contributed by atoms with van der Waals surface area (Å²) in [4.78, 5) is 18.1. The number of carbonyl (C=O) groups excluding carboxylic acids is 1. The molecule has 1 atom stereocenters. The number of nitrogens with two attached hydrogens (primary N) is 1. The first-order chi connectivity index (χ1) is 11.0. The number of fused-ring (bicyclic) bond motifs is 1. The number of nitrogens with zero attached hydrogens (tertiary/aromatic N) is 2. The molecule has 1 unspecified atom stereocenters. The standard InChI is InChI=1S/C16H15ClFN3O2/c1-2-12-16(22)21(8-9-10(17)4-3-5-11(9)18)15-13(23-12)6-7-14(19)20-15/h3-7,12H,2,8H2,1H3,(H2,19,20). The molecule has 0 saturated heterocycles. The second-order valence-electron chi connectivity index (χ2n) is 5.20. The maximum atomic E-state index is 14.1. The van der Waals surface area contributed by atoms with E-state index >= 15 is 0 Å². The van der Waals surface area contributed by atoms with Crippen molar-refractivity contribution in [2.45, 2.75) is 26.0 Å². The molecule has 3 rings (SSSR count). The van der Waals surface area contributed by atoms with Gasteiger partial charge in [0.2, 0.25) is 0 Å². The summed E-state index contributed by atoms with van der Waals surface area (Å²) >= 11 is 6.07. The molecule has 2 aromatic rings. The van der Waals surface area contributed by atoms with E-state index in [-0.39, 0.29) is 34.7 Å². The quantitative estimate of drug-likeness (QED) is 0.935. The van der Waals surface area contributed by atoms with E-state index in [2.05, 4.69) is 4.98 Å². The zero-order valence-corrected chi connectivity index (χ0v) is 13.2. The highest BCUT2D eigenvalue weighted by atomic mass is 35.5. The van der Waals surface area contributed by atoms with Crippen LogP contribution in [0.4, 0.5) is 16.0 Å². The molecule has 0 saturated carbocycles. The van der Waals surface area contributed by atoms with Gasteiger partial charge in [-0.15, -0.1) is 0 Å². The van der Waals surface area contributed by atoms with Crippen molar-refractivity contribution >= 4 is 29.1 Å². The normalized spacial score (nSPS) is 16.9. The average molecular weight is 336 g/mol. The fourth-order valence-corrected chi connectivity index (χ4v) is 2.69. The Morgan fingerprint density at radius 1 is 1.39 bits per heavy atom. The van der Waals surface area contributed by atoms with Crippen molar-refractivity contribution in [3.63, 3.8) is 0 Å². The maximum Gasteiger partial charge on any atom is 0.269 e. The lowest BCUT2D eigenvalue weighted by molar-refractivity contribution is -0.126. The summed E-state index contributed by atoms with van der Waals surface area (Å²) in [6.07, 6.45) is -0.150. The number of benzene rings is 1. The smallest absolute Gasteiger partial charge is 0.269 e. The second-order valence-corrected chi connectivity index (χ2v) is 5.60. The van der Waals surface area contributed by atoms with Crippen LogP contribution in [-0.4, -0.2) is 17.0 Å². The van der Waals surface area contributed by atoms with Gasteiger partial charge in [-0.1, -0.05) is 24.6 Å². The molecule has 7 heteroatoms. The van der Waals surface area contributed by atoms with E-state index in [0.717, 1.165) is 0 Å². The Kier molecular flexibility index (Phi) is 4.09. The molecule has 2 heterocycles. The van der Waals surface area contributed by atoms with Crippen LogP contribution in [0.15, 0.2) is 30.3 Å². The number of amides is 1. The second kappa shape index (κ2) is 6.04. The molecule has 0 fully saturated rings. The average Bonchev–Trinajstić information content (AvgIpc) is 2.52. The van der Waals surface area contributed by atoms with E-state index < -0.39 is 11.9 Å². The third kappa shape index (κ3) is 2.82. The minimum Gasteiger partial charge on any atom is -0.477 e. The van der Waals surface area contributed by atoms with Crippen LogP contribution < -0.4 is 15.4 Å². The molecule has 23 heavy (non-hydrogen) atoms. The van der Waals surface area contributed by atoms with Gasteiger partial charge in [0.25, 0.3) is 5.91 Å². The van der Waals surface area contributed by atoms with Gasteiger partial charge in [-0.05, 0) is 30.7 Å². The molecule has 1 amide bonds. The lowest BCUT2D eigenvalue weighted by Gasteiger charge is -2.33. The Bertz CT molecular complexity index is 749. The highest BCUT2D eigenvalue weighted by Crippen LogP contribution is 2.35. The summed E-state index contributed by atoms with van der Waals surface area (Å²) in [5.41, 5.74) is 5.94. The Labute approximate surface area is 137 Å². The Balaban J connectivity index is 2.06. The highest BCUT2D eigenvalue weighted by molar-refractivity contribution is 6.31. The lowest BCUT2D eigenvalue weighted by atomic mass is 10.1. The molecular formula is C16H15ClFN3O2. The summed E-state index contributed by atoms with van der Waals surface area (Å²) in [5, 5.41) is 0.253. The largest absolute Gasteiger partial charge is 0.477 e. The molecule has 120 valence electrons. The molecule has 1 aromatic heterocycles. The minimum absolute atomic E-state index is 0.0341. The minimum atomic E-state index is -0.640. The summed E-state index contributed by atoms with van der Waals surface area (Å²) in [7, 11) is 0. The van der Waals surface area contributed by atoms with Crippen LogP contribution in [0, 0.1) is 5.82 Å². The first-order valence-corrected chi connectivity index (χ1v) is 7.56. The van der Waals surface area contributed by atoms with Crippen LogP contribution in [0.25, 0.3) is 0 Å². The van der Waals surface area contributed by atoms with Gasteiger partial charge in [-0.25, -0.2) is 9.37 Å². The first-order valence-electron chi connectivity index (χ1n) is 7.18. The number of carbonyl (C=O) groups is 1. The van der Waals surface area contributed by atoms with Crippen molar-refractivity contribution in [1.82, 2.24) is 4.98 Å². The predicted octanol–water partition coefficient (Wildman–Crippen LogP) is 3.16. The number of aromatic nitrogens is 1. The van der Waals surface area contributed by atoms with E-state index in [1.165, 1.54) is 17.0 Å². The molecule has 0 spiro atoms. The molecule has 1 aromatic carbocycles. The van der Waals surface area contributed by atoms with Crippen molar-refractivity contribution in [1.29, 1.82) is 0 Å². The SMILES string of the molecule is CCC1Oc2ccc(N)nc2N(Cc2c(F)cccc2Cl)C1=O. The van der Waals surface area contributed by atoms with Gasteiger partial charge in [0.05, 0.1) is 6.54 Å². The number of anilines is 2. The summed E-state index contributed by atoms with van der Waals surface area (Å²) in [5.74, 6) is 0.199. The van der Waals surface area contributed by atoms with Crippen LogP contribution in [0.5, 0.6) is 5.75 Å². The molecular weight excluding hydrogens is 321 g/mol.